The molecule has 11 rings (SSSR count). The number of hydrogen-bond acceptors (Lipinski definition) is 4. The summed E-state index contributed by atoms with van der Waals surface area (Å²) in [5.41, 5.74) is 17.4. The van der Waals surface area contributed by atoms with Gasteiger partial charge in [-0.25, -0.2) is 0 Å². The van der Waals surface area contributed by atoms with E-state index in [0.29, 0.717) is 5.92 Å². The van der Waals surface area contributed by atoms with Crippen LogP contribution in [0.2, 0.25) is 0 Å². The molecule has 1 spiro atoms. The molecule has 0 amide bonds. The predicted molar refractivity (Wildman–Crippen MR) is 261 cm³/mol. The van der Waals surface area contributed by atoms with Crippen molar-refractivity contribution in [1.29, 1.82) is 0 Å². The Morgan fingerprint density at radius 1 is 0.565 bits per heavy atom. The van der Waals surface area contributed by atoms with Crippen molar-refractivity contribution in [3.63, 3.8) is 0 Å². The van der Waals surface area contributed by atoms with E-state index in [-0.39, 0.29) is 5.92 Å². The Kier molecular flexibility index (Phi) is 9.43. The second-order valence-corrected chi connectivity index (χ2v) is 17.7. The SMILES string of the molecule is Cc1cc(N(c2ccccc2)c2ccc3c(c2)C2(c4ccccc4Oc4ccccc42)c2ccccc2-3)ccc1C1=C(S)C(C)CC(N(C2=CCC(C)C=C2)c2ccccc2)=C1. The zero-order valence-corrected chi connectivity index (χ0v) is 36.2. The molecule has 0 saturated carbocycles. The third kappa shape index (κ3) is 6.11. The standard InChI is InChI=1S/C58H48N2OS/c1-38-26-28-43(29-27-38)59(41-16-6-4-7-17-41)46-35-40(3)57(62)50(36-46)47-32-30-44(34-39(47)2)60(42-18-8-5-9-19-42)45-31-33-49-48-20-10-11-21-51(48)58(54(49)37-45)52-22-12-14-24-55(52)61-56-25-15-13-23-53(56)58/h4-26,28-34,36-38,40,62H,27,35H2,1-3H3. The smallest absolute Gasteiger partial charge is 0.132 e. The van der Waals surface area contributed by atoms with Gasteiger partial charge in [0, 0.05) is 45.3 Å². The van der Waals surface area contributed by atoms with Crippen molar-refractivity contribution >= 4 is 41.0 Å². The first kappa shape index (κ1) is 38.2. The number of allylic oxidation sites excluding steroid dienone is 7. The largest absolute Gasteiger partial charge is 0.457 e. The van der Waals surface area contributed by atoms with Crippen molar-refractivity contribution in [3.8, 4) is 22.6 Å². The average Bonchev–Trinajstić information content (AvgIpc) is 3.59. The lowest BCUT2D eigenvalue weighted by atomic mass is 9.66. The van der Waals surface area contributed by atoms with Crippen molar-refractivity contribution in [2.24, 2.45) is 11.8 Å². The maximum absolute atomic E-state index is 6.64. The Morgan fingerprint density at radius 2 is 1.13 bits per heavy atom. The molecule has 1 aliphatic heterocycles. The highest BCUT2D eigenvalue weighted by molar-refractivity contribution is 7.84. The molecular formula is C58H48N2OS. The van der Waals surface area contributed by atoms with Gasteiger partial charge in [-0.05, 0) is 148 Å². The highest BCUT2D eigenvalue weighted by Crippen LogP contribution is 2.62. The van der Waals surface area contributed by atoms with Gasteiger partial charge in [-0.2, -0.15) is 0 Å². The molecule has 0 fully saturated rings. The molecule has 1 heterocycles. The van der Waals surface area contributed by atoms with E-state index in [9.17, 15) is 0 Å². The summed E-state index contributed by atoms with van der Waals surface area (Å²) in [5, 5.41) is 0. The molecule has 3 aliphatic carbocycles. The fourth-order valence-electron chi connectivity index (χ4n) is 10.4. The quantitative estimate of drug-likeness (QED) is 0.161. The van der Waals surface area contributed by atoms with E-state index in [4.69, 9.17) is 17.4 Å². The highest BCUT2D eigenvalue weighted by Gasteiger charge is 2.51. The van der Waals surface area contributed by atoms with E-state index in [1.165, 1.54) is 56.0 Å². The molecule has 2 atom stereocenters. The number of benzene rings is 7. The van der Waals surface area contributed by atoms with Crippen molar-refractivity contribution in [2.75, 3.05) is 9.80 Å². The van der Waals surface area contributed by atoms with Gasteiger partial charge >= 0.3 is 0 Å². The van der Waals surface area contributed by atoms with Crippen molar-refractivity contribution in [3.05, 3.63) is 244 Å². The van der Waals surface area contributed by atoms with E-state index < -0.39 is 5.41 Å². The van der Waals surface area contributed by atoms with Gasteiger partial charge in [0.05, 0.1) is 5.41 Å². The molecule has 4 aliphatic rings. The number of anilines is 4. The van der Waals surface area contributed by atoms with Crippen LogP contribution in [-0.4, -0.2) is 0 Å². The molecule has 3 nitrogen and oxygen atoms in total. The Hall–Kier alpha value is -6.75. The van der Waals surface area contributed by atoms with Crippen molar-refractivity contribution < 1.29 is 4.74 Å². The van der Waals surface area contributed by atoms with E-state index in [2.05, 4.69) is 225 Å². The second-order valence-electron chi connectivity index (χ2n) is 17.2. The first-order valence-electron chi connectivity index (χ1n) is 21.8. The molecule has 4 heteroatoms. The van der Waals surface area contributed by atoms with E-state index in [1.807, 2.05) is 0 Å². The number of thiol groups is 1. The molecule has 7 aromatic rings. The van der Waals surface area contributed by atoms with Gasteiger partial charge in [-0.3, -0.25) is 0 Å². The van der Waals surface area contributed by atoms with Crippen LogP contribution in [0.4, 0.5) is 22.7 Å². The number of nitrogens with zero attached hydrogens (tertiary/aromatic N) is 2. The van der Waals surface area contributed by atoms with Crippen LogP contribution in [0.5, 0.6) is 11.5 Å². The summed E-state index contributed by atoms with van der Waals surface area (Å²) in [6.07, 6.45) is 11.3. The molecule has 2 unspecified atom stereocenters. The van der Waals surface area contributed by atoms with Crippen LogP contribution in [0, 0.1) is 18.8 Å². The Balaban J connectivity index is 1.05. The number of ether oxygens (including phenoxy) is 1. The van der Waals surface area contributed by atoms with Crippen LogP contribution < -0.4 is 14.5 Å². The second kappa shape index (κ2) is 15.3. The van der Waals surface area contributed by atoms with Crippen molar-refractivity contribution in [1.82, 2.24) is 0 Å². The third-order valence-electron chi connectivity index (χ3n) is 13.3. The van der Waals surface area contributed by atoms with E-state index in [1.54, 1.807) is 0 Å². The maximum Gasteiger partial charge on any atom is 0.132 e. The Labute approximate surface area is 371 Å². The number of fused-ring (bicyclic) bond motifs is 9. The fourth-order valence-corrected chi connectivity index (χ4v) is 10.7. The third-order valence-corrected chi connectivity index (χ3v) is 14.0. The van der Waals surface area contributed by atoms with E-state index in [0.717, 1.165) is 57.4 Å². The summed E-state index contributed by atoms with van der Waals surface area (Å²) in [6.45, 7) is 6.83. The summed E-state index contributed by atoms with van der Waals surface area (Å²) in [4.78, 5) is 5.99. The molecule has 0 N–H and O–H groups in total. The predicted octanol–water partition coefficient (Wildman–Crippen LogP) is 15.5. The monoisotopic (exact) mass is 820 g/mol. The minimum absolute atomic E-state index is 0.259. The minimum Gasteiger partial charge on any atom is -0.457 e. The number of para-hydroxylation sites is 4. The lowest BCUT2D eigenvalue weighted by Gasteiger charge is -2.39. The van der Waals surface area contributed by atoms with Gasteiger partial charge in [0.15, 0.2) is 0 Å². The van der Waals surface area contributed by atoms with Crippen molar-refractivity contribution in [2.45, 2.75) is 39.0 Å². The van der Waals surface area contributed by atoms with Gasteiger partial charge < -0.3 is 14.5 Å². The Morgan fingerprint density at radius 3 is 1.77 bits per heavy atom. The van der Waals surface area contributed by atoms with Gasteiger partial charge in [0.25, 0.3) is 0 Å². The van der Waals surface area contributed by atoms with E-state index >= 15 is 0 Å². The highest BCUT2D eigenvalue weighted by atomic mass is 32.1. The first-order chi connectivity index (χ1) is 30.4. The lowest BCUT2D eigenvalue weighted by Crippen LogP contribution is -2.32. The van der Waals surface area contributed by atoms with Gasteiger partial charge in [-0.15, -0.1) is 12.6 Å². The zero-order valence-electron chi connectivity index (χ0n) is 35.3. The zero-order chi connectivity index (χ0) is 42.0. The maximum atomic E-state index is 6.64. The summed E-state index contributed by atoms with van der Waals surface area (Å²) in [6, 6.07) is 61.6. The molecule has 62 heavy (non-hydrogen) atoms. The number of aryl methyl sites for hydroxylation is 1. The number of rotatable bonds is 7. The Bertz CT molecular complexity index is 2970. The molecule has 0 radical (unpaired) electrons. The topological polar surface area (TPSA) is 15.7 Å². The van der Waals surface area contributed by atoms with Gasteiger partial charge in [-0.1, -0.05) is 135 Å². The lowest BCUT2D eigenvalue weighted by molar-refractivity contribution is 0.436. The van der Waals surface area contributed by atoms with Crippen LogP contribution in [0.3, 0.4) is 0 Å². The van der Waals surface area contributed by atoms with Crippen LogP contribution in [0.15, 0.2) is 210 Å². The molecule has 7 aromatic carbocycles. The molecule has 0 saturated heterocycles. The average molecular weight is 821 g/mol. The van der Waals surface area contributed by atoms with Crippen LogP contribution >= 0.6 is 12.6 Å². The van der Waals surface area contributed by atoms with Gasteiger partial charge in [0.1, 0.15) is 11.5 Å². The molecular weight excluding hydrogens is 773 g/mol. The normalized spacial score (nSPS) is 17.9. The fraction of sp³-hybridized carbons (Fsp3) is 0.138. The van der Waals surface area contributed by atoms with Crippen LogP contribution in [-0.2, 0) is 5.41 Å². The number of hydrogen-bond donors (Lipinski definition) is 1. The van der Waals surface area contributed by atoms with Crippen LogP contribution in [0.1, 0.15) is 60.1 Å². The molecule has 0 aromatic heterocycles. The van der Waals surface area contributed by atoms with Crippen LogP contribution in [0.25, 0.3) is 16.7 Å². The van der Waals surface area contributed by atoms with Gasteiger partial charge in [0.2, 0.25) is 0 Å². The summed E-state index contributed by atoms with van der Waals surface area (Å²) >= 11 is 5.24. The summed E-state index contributed by atoms with van der Waals surface area (Å²) < 4.78 is 6.64. The summed E-state index contributed by atoms with van der Waals surface area (Å²) in [7, 11) is 0. The first-order valence-corrected chi connectivity index (χ1v) is 22.3. The minimum atomic E-state index is -0.554. The summed E-state index contributed by atoms with van der Waals surface area (Å²) in [5.74, 6) is 2.59. The molecule has 0 bridgehead atoms. The molecule has 302 valence electrons.